The van der Waals surface area contributed by atoms with E-state index < -0.39 is 5.60 Å². The molecule has 0 aliphatic carbocycles. The molecule has 0 atom stereocenters. The van der Waals surface area contributed by atoms with Gasteiger partial charge in [-0.05, 0) is 25.9 Å². The van der Waals surface area contributed by atoms with E-state index >= 15 is 0 Å². The zero-order valence-electron chi connectivity index (χ0n) is 16.5. The van der Waals surface area contributed by atoms with Crippen molar-refractivity contribution in [3.63, 3.8) is 0 Å². The van der Waals surface area contributed by atoms with Crippen LogP contribution in [0.3, 0.4) is 0 Å². The summed E-state index contributed by atoms with van der Waals surface area (Å²) in [6, 6.07) is 0. The summed E-state index contributed by atoms with van der Waals surface area (Å²) in [4.78, 5) is 22.2. The standard InChI is InChI=1S/C19H32N4O2S/c1-18(2,3)16-21-15(14-26-16)13-22-9-11-23(12-10-22)17(24)19(25-4)5-7-20-8-6-19/h14,20H,5-13H2,1-4H3. The fourth-order valence-corrected chi connectivity index (χ4v) is 4.58. The molecule has 0 spiro atoms. The van der Waals surface area contributed by atoms with Gasteiger partial charge in [0.25, 0.3) is 5.91 Å². The summed E-state index contributed by atoms with van der Waals surface area (Å²) in [5.41, 5.74) is 0.632. The van der Waals surface area contributed by atoms with Gasteiger partial charge in [0.2, 0.25) is 0 Å². The van der Waals surface area contributed by atoms with Crippen LogP contribution in [-0.2, 0) is 21.5 Å². The molecule has 146 valence electrons. The highest BCUT2D eigenvalue weighted by molar-refractivity contribution is 7.09. The van der Waals surface area contributed by atoms with E-state index in [9.17, 15) is 4.79 Å². The van der Waals surface area contributed by atoms with Crippen LogP contribution in [0.15, 0.2) is 5.38 Å². The topological polar surface area (TPSA) is 57.7 Å². The molecule has 0 saturated carbocycles. The first-order valence-corrected chi connectivity index (χ1v) is 10.4. The van der Waals surface area contributed by atoms with Crippen molar-refractivity contribution >= 4 is 17.2 Å². The molecule has 3 heterocycles. The minimum Gasteiger partial charge on any atom is -0.368 e. The molecule has 3 rings (SSSR count). The molecule has 1 N–H and O–H groups in total. The van der Waals surface area contributed by atoms with Crippen molar-refractivity contribution < 1.29 is 9.53 Å². The van der Waals surface area contributed by atoms with Crippen LogP contribution < -0.4 is 5.32 Å². The zero-order valence-corrected chi connectivity index (χ0v) is 17.3. The Kier molecular flexibility index (Phi) is 6.01. The maximum absolute atomic E-state index is 13.0. The maximum atomic E-state index is 13.0. The lowest BCUT2D eigenvalue weighted by molar-refractivity contribution is -0.160. The molecule has 0 bridgehead atoms. The van der Waals surface area contributed by atoms with Gasteiger partial charge in [0.1, 0.15) is 5.60 Å². The number of aromatic nitrogens is 1. The molecule has 0 unspecified atom stereocenters. The van der Waals surface area contributed by atoms with Crippen LogP contribution in [0.4, 0.5) is 0 Å². The lowest BCUT2D eigenvalue weighted by Gasteiger charge is -2.42. The molecule has 1 aromatic rings. The summed E-state index contributed by atoms with van der Waals surface area (Å²) >= 11 is 1.75. The molecule has 26 heavy (non-hydrogen) atoms. The third-order valence-corrected chi connectivity index (χ3v) is 6.75. The van der Waals surface area contributed by atoms with Gasteiger partial charge in [0.15, 0.2) is 0 Å². The summed E-state index contributed by atoms with van der Waals surface area (Å²) in [7, 11) is 1.68. The van der Waals surface area contributed by atoms with E-state index in [0.29, 0.717) is 0 Å². The third-order valence-electron chi connectivity index (χ3n) is 5.43. The molecular formula is C19H32N4O2S. The Morgan fingerprint density at radius 2 is 1.92 bits per heavy atom. The normalized spacial score (nSPS) is 21.8. The van der Waals surface area contributed by atoms with Gasteiger partial charge in [-0.1, -0.05) is 20.8 Å². The Labute approximate surface area is 160 Å². The van der Waals surface area contributed by atoms with Crippen molar-refractivity contribution in [2.24, 2.45) is 0 Å². The highest BCUT2D eigenvalue weighted by atomic mass is 32.1. The molecule has 0 radical (unpaired) electrons. The number of piperazine rings is 1. The second kappa shape index (κ2) is 7.92. The highest BCUT2D eigenvalue weighted by Gasteiger charge is 2.43. The van der Waals surface area contributed by atoms with Crippen LogP contribution in [0, 0.1) is 0 Å². The van der Waals surface area contributed by atoms with Crippen molar-refractivity contribution in [3.8, 4) is 0 Å². The van der Waals surface area contributed by atoms with Gasteiger partial charge >= 0.3 is 0 Å². The van der Waals surface area contributed by atoms with Gasteiger partial charge in [0.05, 0.1) is 10.7 Å². The van der Waals surface area contributed by atoms with E-state index in [1.807, 2.05) is 4.90 Å². The third kappa shape index (κ3) is 4.27. The average molecular weight is 381 g/mol. The molecule has 2 saturated heterocycles. The quantitative estimate of drug-likeness (QED) is 0.864. The number of piperidine rings is 1. The number of hydrogen-bond donors (Lipinski definition) is 1. The molecule has 2 fully saturated rings. The van der Waals surface area contributed by atoms with Gasteiger partial charge in [-0.2, -0.15) is 0 Å². The van der Waals surface area contributed by atoms with E-state index in [1.54, 1.807) is 18.4 Å². The Bertz CT molecular complexity index is 611. The number of rotatable bonds is 4. The van der Waals surface area contributed by atoms with Gasteiger partial charge in [-0.3, -0.25) is 9.69 Å². The molecular weight excluding hydrogens is 348 g/mol. The Morgan fingerprint density at radius 1 is 1.27 bits per heavy atom. The first-order chi connectivity index (χ1) is 12.3. The van der Waals surface area contributed by atoms with Crippen LogP contribution in [0.25, 0.3) is 0 Å². The van der Waals surface area contributed by atoms with Crippen molar-refractivity contribution in [3.05, 3.63) is 16.1 Å². The second-order valence-corrected chi connectivity index (χ2v) is 9.27. The summed E-state index contributed by atoms with van der Waals surface area (Å²) in [5.74, 6) is 0.171. The van der Waals surface area contributed by atoms with E-state index in [2.05, 4.69) is 36.4 Å². The number of amides is 1. The predicted octanol–water partition coefficient (Wildman–Crippen LogP) is 1.85. The van der Waals surface area contributed by atoms with E-state index in [-0.39, 0.29) is 11.3 Å². The van der Waals surface area contributed by atoms with Crippen molar-refractivity contribution in [2.45, 2.75) is 51.2 Å². The van der Waals surface area contributed by atoms with Crippen LogP contribution >= 0.6 is 11.3 Å². The van der Waals surface area contributed by atoms with Crippen molar-refractivity contribution in [2.75, 3.05) is 46.4 Å². The van der Waals surface area contributed by atoms with Crippen LogP contribution in [0.1, 0.15) is 44.3 Å². The molecule has 1 aromatic heterocycles. The van der Waals surface area contributed by atoms with Gasteiger partial charge in [-0.25, -0.2) is 4.98 Å². The first kappa shape index (κ1) is 19.7. The molecule has 2 aliphatic rings. The Balaban J connectivity index is 1.54. The summed E-state index contributed by atoms with van der Waals surface area (Å²) < 4.78 is 5.70. The number of nitrogens with one attached hydrogen (secondary N) is 1. The fourth-order valence-electron chi connectivity index (χ4n) is 3.69. The smallest absolute Gasteiger partial charge is 0.254 e. The number of methoxy groups -OCH3 is 1. The second-order valence-electron chi connectivity index (χ2n) is 8.41. The van der Waals surface area contributed by atoms with Crippen LogP contribution in [0.5, 0.6) is 0 Å². The van der Waals surface area contributed by atoms with Crippen LogP contribution in [-0.4, -0.2) is 72.7 Å². The lowest BCUT2D eigenvalue weighted by atomic mass is 9.90. The number of carbonyl (C=O) groups is 1. The van der Waals surface area contributed by atoms with E-state index in [1.165, 1.54) is 5.01 Å². The molecule has 6 nitrogen and oxygen atoms in total. The van der Waals surface area contributed by atoms with Gasteiger partial charge < -0.3 is 15.0 Å². The van der Waals surface area contributed by atoms with Crippen molar-refractivity contribution in [1.82, 2.24) is 20.1 Å². The summed E-state index contributed by atoms with van der Waals surface area (Å²) in [5, 5.41) is 6.68. The van der Waals surface area contributed by atoms with Gasteiger partial charge in [-0.15, -0.1) is 11.3 Å². The molecule has 2 aliphatic heterocycles. The molecule has 1 amide bonds. The minimum atomic E-state index is -0.621. The SMILES string of the molecule is COC1(C(=O)N2CCN(Cc3csc(C(C)(C)C)n3)CC2)CCNCC1. The molecule has 0 aromatic carbocycles. The van der Waals surface area contributed by atoms with Gasteiger partial charge in [0, 0.05) is 50.6 Å². The maximum Gasteiger partial charge on any atom is 0.254 e. The monoisotopic (exact) mass is 380 g/mol. The highest BCUT2D eigenvalue weighted by Crippen LogP contribution is 2.27. The number of carbonyl (C=O) groups excluding carboxylic acids is 1. The number of nitrogens with zero attached hydrogens (tertiary/aromatic N) is 3. The van der Waals surface area contributed by atoms with E-state index in [0.717, 1.165) is 64.3 Å². The van der Waals surface area contributed by atoms with Crippen molar-refractivity contribution in [1.29, 1.82) is 0 Å². The average Bonchev–Trinajstić information content (AvgIpc) is 3.11. The largest absolute Gasteiger partial charge is 0.368 e. The number of thiazole rings is 1. The Hall–Kier alpha value is -1.02. The summed E-state index contributed by atoms with van der Waals surface area (Å²) in [6.45, 7) is 12.5. The number of ether oxygens (including phenoxy) is 1. The predicted molar refractivity (Wildman–Crippen MR) is 105 cm³/mol. The number of hydrogen-bond acceptors (Lipinski definition) is 6. The minimum absolute atomic E-state index is 0.108. The zero-order chi connectivity index (χ0) is 18.8. The van der Waals surface area contributed by atoms with Crippen LogP contribution in [0.2, 0.25) is 0 Å². The summed E-state index contributed by atoms with van der Waals surface area (Å²) in [6.07, 6.45) is 1.52. The molecule has 7 heteroatoms. The first-order valence-electron chi connectivity index (χ1n) is 9.56. The fraction of sp³-hybridized carbons (Fsp3) is 0.789. The Morgan fingerprint density at radius 3 is 2.46 bits per heavy atom. The van der Waals surface area contributed by atoms with E-state index in [4.69, 9.17) is 9.72 Å². The lowest BCUT2D eigenvalue weighted by Crippen LogP contribution is -2.59.